The molecule has 3 fully saturated rings. The maximum atomic E-state index is 12.7. The van der Waals surface area contributed by atoms with Crippen molar-refractivity contribution in [3.8, 4) is 0 Å². The summed E-state index contributed by atoms with van der Waals surface area (Å²) in [4.78, 5) is 28.4. The highest BCUT2D eigenvalue weighted by Crippen LogP contribution is 2.56. The molecule has 1 heterocycles. The van der Waals surface area contributed by atoms with E-state index >= 15 is 0 Å². The molecule has 22 heavy (non-hydrogen) atoms. The van der Waals surface area contributed by atoms with Crippen molar-refractivity contribution >= 4 is 11.9 Å². The third-order valence-corrected chi connectivity index (χ3v) is 5.88. The Kier molecular flexibility index (Phi) is 4.71. The molecule has 2 saturated carbocycles. The molecule has 0 aromatic rings. The van der Waals surface area contributed by atoms with Gasteiger partial charge >= 0.3 is 5.97 Å². The Balaban J connectivity index is 1.45. The van der Waals surface area contributed by atoms with Crippen LogP contribution in [0.5, 0.6) is 0 Å². The minimum absolute atomic E-state index is 0.159. The fourth-order valence-electron chi connectivity index (χ4n) is 4.41. The monoisotopic (exact) mass is 308 g/mol. The van der Waals surface area contributed by atoms with Crippen LogP contribution in [0.3, 0.4) is 0 Å². The van der Waals surface area contributed by atoms with Crippen LogP contribution in [0.4, 0.5) is 0 Å². The summed E-state index contributed by atoms with van der Waals surface area (Å²) in [7, 11) is 1.43. The van der Waals surface area contributed by atoms with Crippen LogP contribution < -0.4 is 0 Å². The molecule has 124 valence electrons. The average Bonchev–Trinajstić information content (AvgIpc) is 3.28. The van der Waals surface area contributed by atoms with Crippen LogP contribution in [0.25, 0.3) is 0 Å². The minimum atomic E-state index is -0.159. The molecule has 0 radical (unpaired) electrons. The molecule has 2 aliphatic carbocycles. The predicted octanol–water partition coefficient (Wildman–Crippen LogP) is 1.52. The summed E-state index contributed by atoms with van der Waals surface area (Å²) in [6.07, 6.45) is 5.57. The molecule has 0 bridgehead atoms. The number of fused-ring (bicyclic) bond motifs is 1. The first kappa shape index (κ1) is 15.8. The van der Waals surface area contributed by atoms with Crippen LogP contribution in [0.2, 0.25) is 0 Å². The lowest BCUT2D eigenvalue weighted by Crippen LogP contribution is -2.52. The quantitative estimate of drug-likeness (QED) is 0.739. The van der Waals surface area contributed by atoms with E-state index in [4.69, 9.17) is 4.74 Å². The van der Waals surface area contributed by atoms with Crippen molar-refractivity contribution in [3.63, 3.8) is 0 Å². The summed E-state index contributed by atoms with van der Waals surface area (Å²) in [6, 6.07) is 0.188. The second kappa shape index (κ2) is 6.57. The molecule has 3 aliphatic rings. The van der Waals surface area contributed by atoms with E-state index in [0.29, 0.717) is 30.1 Å². The lowest BCUT2D eigenvalue weighted by Gasteiger charge is -2.38. The topological polar surface area (TPSA) is 49.9 Å². The van der Waals surface area contributed by atoms with E-state index in [-0.39, 0.29) is 12.0 Å². The zero-order chi connectivity index (χ0) is 15.7. The van der Waals surface area contributed by atoms with E-state index in [9.17, 15) is 9.59 Å². The van der Waals surface area contributed by atoms with E-state index in [1.54, 1.807) is 0 Å². The van der Waals surface area contributed by atoms with Gasteiger partial charge in [-0.2, -0.15) is 0 Å². The number of esters is 1. The number of carbonyl (C=O) groups excluding carboxylic acids is 2. The molecular weight excluding hydrogens is 280 g/mol. The molecular formula is C17H28N2O3. The maximum absolute atomic E-state index is 12.7. The third-order valence-electron chi connectivity index (χ3n) is 5.88. The van der Waals surface area contributed by atoms with Gasteiger partial charge in [0.25, 0.3) is 0 Å². The highest BCUT2D eigenvalue weighted by molar-refractivity contribution is 5.82. The average molecular weight is 308 g/mol. The van der Waals surface area contributed by atoms with Crippen LogP contribution in [-0.4, -0.2) is 61.0 Å². The van der Waals surface area contributed by atoms with Crippen molar-refractivity contribution in [2.24, 2.45) is 17.8 Å². The summed E-state index contributed by atoms with van der Waals surface area (Å²) >= 11 is 0. The van der Waals surface area contributed by atoms with Crippen LogP contribution in [0.1, 0.15) is 39.0 Å². The van der Waals surface area contributed by atoms with Gasteiger partial charge in [0.05, 0.1) is 13.5 Å². The SMILES string of the molecule is COC(=O)CC(C)N1CCN(C(=O)C2C3CCCCC32)CC1. The lowest BCUT2D eigenvalue weighted by molar-refractivity contribution is -0.143. The molecule has 0 aromatic heterocycles. The number of amides is 1. The van der Waals surface area contributed by atoms with Crippen molar-refractivity contribution < 1.29 is 14.3 Å². The van der Waals surface area contributed by atoms with E-state index in [0.717, 1.165) is 26.2 Å². The Morgan fingerprint density at radius 2 is 1.68 bits per heavy atom. The number of hydrogen-bond acceptors (Lipinski definition) is 4. The molecule has 3 atom stereocenters. The van der Waals surface area contributed by atoms with E-state index in [1.165, 1.54) is 32.8 Å². The minimum Gasteiger partial charge on any atom is -0.469 e. The normalized spacial score (nSPS) is 33.0. The highest BCUT2D eigenvalue weighted by Gasteiger charge is 2.55. The molecule has 0 aromatic carbocycles. The number of piperazine rings is 1. The van der Waals surface area contributed by atoms with Crippen LogP contribution in [0, 0.1) is 17.8 Å². The molecule has 3 unspecified atom stereocenters. The second-order valence-corrected chi connectivity index (χ2v) is 7.13. The first-order valence-electron chi connectivity index (χ1n) is 8.71. The Labute approximate surface area is 133 Å². The second-order valence-electron chi connectivity index (χ2n) is 7.13. The summed E-state index contributed by atoms with van der Waals surface area (Å²) < 4.78 is 4.73. The zero-order valence-electron chi connectivity index (χ0n) is 13.8. The summed E-state index contributed by atoms with van der Waals surface area (Å²) in [5.41, 5.74) is 0. The first-order valence-corrected chi connectivity index (χ1v) is 8.71. The summed E-state index contributed by atoms with van der Waals surface area (Å²) in [5, 5.41) is 0. The largest absolute Gasteiger partial charge is 0.469 e. The standard InChI is InChI=1S/C17H28N2O3/c1-12(11-15(20)22-2)18-7-9-19(10-8-18)17(21)16-13-5-3-4-6-14(13)16/h12-14,16H,3-11H2,1-2H3. The molecule has 5 nitrogen and oxygen atoms in total. The van der Waals surface area contributed by atoms with Gasteiger partial charge in [-0.25, -0.2) is 0 Å². The fraction of sp³-hybridized carbons (Fsp3) is 0.882. The third kappa shape index (κ3) is 3.14. The van der Waals surface area contributed by atoms with Crippen LogP contribution >= 0.6 is 0 Å². The Hall–Kier alpha value is -1.10. The first-order chi connectivity index (χ1) is 10.6. The van der Waals surface area contributed by atoms with Gasteiger partial charge < -0.3 is 9.64 Å². The number of rotatable bonds is 4. The molecule has 1 saturated heterocycles. The van der Waals surface area contributed by atoms with Gasteiger partial charge in [-0.1, -0.05) is 12.8 Å². The smallest absolute Gasteiger partial charge is 0.307 e. The number of carbonyl (C=O) groups is 2. The van der Waals surface area contributed by atoms with Gasteiger partial charge in [0.2, 0.25) is 5.91 Å². The number of methoxy groups -OCH3 is 1. The van der Waals surface area contributed by atoms with Crippen LogP contribution in [-0.2, 0) is 14.3 Å². The van der Waals surface area contributed by atoms with Crippen molar-refractivity contribution in [1.29, 1.82) is 0 Å². The van der Waals surface area contributed by atoms with Gasteiger partial charge in [0.15, 0.2) is 0 Å². The van der Waals surface area contributed by atoms with E-state index < -0.39 is 0 Å². The van der Waals surface area contributed by atoms with E-state index in [2.05, 4.69) is 16.7 Å². The van der Waals surface area contributed by atoms with Crippen molar-refractivity contribution in [3.05, 3.63) is 0 Å². The molecule has 0 spiro atoms. The molecule has 1 amide bonds. The fourth-order valence-corrected chi connectivity index (χ4v) is 4.41. The van der Waals surface area contributed by atoms with Gasteiger partial charge in [0.1, 0.15) is 0 Å². The van der Waals surface area contributed by atoms with Gasteiger partial charge in [0, 0.05) is 38.1 Å². The Morgan fingerprint density at radius 1 is 1.09 bits per heavy atom. The van der Waals surface area contributed by atoms with Gasteiger partial charge in [-0.3, -0.25) is 14.5 Å². The number of hydrogen-bond donors (Lipinski definition) is 0. The lowest BCUT2D eigenvalue weighted by atomic mass is 10.0. The van der Waals surface area contributed by atoms with Crippen molar-refractivity contribution in [1.82, 2.24) is 9.80 Å². The predicted molar refractivity (Wildman–Crippen MR) is 83.2 cm³/mol. The Bertz CT molecular complexity index is 420. The van der Waals surface area contributed by atoms with Gasteiger partial charge in [-0.05, 0) is 31.6 Å². The van der Waals surface area contributed by atoms with Crippen LogP contribution in [0.15, 0.2) is 0 Å². The van der Waals surface area contributed by atoms with Crippen molar-refractivity contribution in [2.45, 2.75) is 45.1 Å². The van der Waals surface area contributed by atoms with Gasteiger partial charge in [-0.15, -0.1) is 0 Å². The maximum Gasteiger partial charge on any atom is 0.307 e. The number of nitrogens with zero attached hydrogens (tertiary/aromatic N) is 2. The highest BCUT2D eigenvalue weighted by atomic mass is 16.5. The van der Waals surface area contributed by atoms with E-state index in [1.807, 2.05) is 0 Å². The van der Waals surface area contributed by atoms with Crippen molar-refractivity contribution in [2.75, 3.05) is 33.3 Å². The molecule has 1 aliphatic heterocycles. The number of ether oxygens (including phenoxy) is 1. The Morgan fingerprint density at radius 3 is 2.23 bits per heavy atom. The molecule has 0 N–H and O–H groups in total. The molecule has 3 rings (SSSR count). The molecule has 5 heteroatoms. The summed E-state index contributed by atoms with van der Waals surface area (Å²) in [5.74, 6) is 1.96. The zero-order valence-corrected chi connectivity index (χ0v) is 13.8. The summed E-state index contributed by atoms with van der Waals surface area (Å²) in [6.45, 7) is 5.41.